The van der Waals surface area contributed by atoms with Crippen molar-refractivity contribution in [1.29, 1.82) is 0 Å². The maximum Gasteiger partial charge on any atom is 0.264 e. The highest BCUT2D eigenvalue weighted by Gasteiger charge is 2.32. The molecule has 0 bridgehead atoms. The average molecular weight is 538 g/mol. The van der Waals surface area contributed by atoms with Gasteiger partial charge in [-0.2, -0.15) is 0 Å². The third-order valence-electron chi connectivity index (χ3n) is 6.16. The summed E-state index contributed by atoms with van der Waals surface area (Å²) in [5.41, 5.74) is 1.18. The van der Waals surface area contributed by atoms with Gasteiger partial charge in [0.2, 0.25) is 11.8 Å². The number of nitrogens with one attached hydrogen (secondary N) is 1. The molecule has 3 rings (SSSR count). The van der Waals surface area contributed by atoms with Gasteiger partial charge in [0.1, 0.15) is 18.3 Å². The standard InChI is InChI=1S/C29H35N3O5S/c1-4-5-20-30-29(34)23(2)31(21-24-12-8-6-9-13-24)28(33)22-32(25-14-10-7-11-15-25)38(35,36)27-18-16-26(37-3)17-19-27/h6-19,23H,4-5,20-22H2,1-3H3,(H,30,34)/t23-/m0/s1. The van der Waals surface area contributed by atoms with Crippen molar-refractivity contribution >= 4 is 27.5 Å². The lowest BCUT2D eigenvalue weighted by Crippen LogP contribution is -2.51. The summed E-state index contributed by atoms with van der Waals surface area (Å²) in [5.74, 6) is -0.261. The zero-order valence-corrected chi connectivity index (χ0v) is 22.9. The number of hydrogen-bond acceptors (Lipinski definition) is 5. The molecule has 38 heavy (non-hydrogen) atoms. The molecule has 9 heteroatoms. The van der Waals surface area contributed by atoms with Crippen LogP contribution in [-0.4, -0.2) is 51.4 Å². The number of unbranched alkanes of at least 4 members (excludes halogenated alkanes) is 1. The maximum atomic E-state index is 13.8. The molecule has 1 N–H and O–H groups in total. The molecule has 0 saturated carbocycles. The van der Waals surface area contributed by atoms with Crippen LogP contribution in [0, 0.1) is 0 Å². The van der Waals surface area contributed by atoms with E-state index in [0.29, 0.717) is 18.0 Å². The number of nitrogens with zero attached hydrogens (tertiary/aromatic N) is 2. The number of hydrogen-bond donors (Lipinski definition) is 1. The molecule has 0 aliphatic carbocycles. The maximum absolute atomic E-state index is 13.8. The highest BCUT2D eigenvalue weighted by Crippen LogP contribution is 2.25. The largest absolute Gasteiger partial charge is 0.497 e. The number of sulfonamides is 1. The van der Waals surface area contributed by atoms with Crippen molar-refractivity contribution in [2.24, 2.45) is 0 Å². The van der Waals surface area contributed by atoms with Gasteiger partial charge in [0, 0.05) is 13.1 Å². The zero-order chi connectivity index (χ0) is 27.5. The van der Waals surface area contributed by atoms with E-state index in [1.165, 1.54) is 24.1 Å². The molecule has 0 aliphatic rings. The van der Waals surface area contributed by atoms with Crippen molar-refractivity contribution in [1.82, 2.24) is 10.2 Å². The molecule has 0 heterocycles. The van der Waals surface area contributed by atoms with Gasteiger partial charge in [-0.25, -0.2) is 8.42 Å². The highest BCUT2D eigenvalue weighted by atomic mass is 32.2. The molecule has 1 atom stereocenters. The summed E-state index contributed by atoms with van der Waals surface area (Å²) in [6.07, 6.45) is 1.75. The summed E-state index contributed by atoms with van der Waals surface area (Å²) in [6, 6.07) is 23.0. The molecule has 0 fully saturated rings. The summed E-state index contributed by atoms with van der Waals surface area (Å²) in [5, 5.41) is 2.88. The summed E-state index contributed by atoms with van der Waals surface area (Å²) in [7, 11) is -2.61. The second-order valence-corrected chi connectivity index (χ2v) is 10.7. The number of anilines is 1. The molecule has 2 amide bonds. The number of rotatable bonds is 13. The van der Waals surface area contributed by atoms with Crippen LogP contribution in [0.2, 0.25) is 0 Å². The van der Waals surface area contributed by atoms with Crippen LogP contribution in [0.3, 0.4) is 0 Å². The van der Waals surface area contributed by atoms with E-state index in [2.05, 4.69) is 5.32 Å². The van der Waals surface area contributed by atoms with Crippen molar-refractivity contribution in [3.8, 4) is 5.75 Å². The molecule has 3 aromatic rings. The van der Waals surface area contributed by atoms with Crippen LogP contribution in [0.5, 0.6) is 5.75 Å². The van der Waals surface area contributed by atoms with Gasteiger partial charge in [0.15, 0.2) is 0 Å². The fraction of sp³-hybridized carbons (Fsp3) is 0.310. The fourth-order valence-electron chi connectivity index (χ4n) is 3.90. The van der Waals surface area contributed by atoms with Crippen molar-refractivity contribution < 1.29 is 22.7 Å². The van der Waals surface area contributed by atoms with Gasteiger partial charge >= 0.3 is 0 Å². The second-order valence-electron chi connectivity index (χ2n) is 8.85. The number of ether oxygens (including phenoxy) is 1. The second kappa shape index (κ2) is 13.6. The van der Waals surface area contributed by atoms with Crippen LogP contribution in [0.1, 0.15) is 32.3 Å². The van der Waals surface area contributed by atoms with Gasteiger partial charge in [-0.15, -0.1) is 0 Å². The van der Waals surface area contributed by atoms with Gasteiger partial charge in [-0.05, 0) is 55.3 Å². The summed E-state index contributed by atoms with van der Waals surface area (Å²) < 4.78 is 33.8. The van der Waals surface area contributed by atoms with Crippen LogP contribution >= 0.6 is 0 Å². The van der Waals surface area contributed by atoms with Gasteiger partial charge in [0.05, 0.1) is 17.7 Å². The number of methoxy groups -OCH3 is 1. The lowest BCUT2D eigenvalue weighted by molar-refractivity contribution is -0.139. The number of carbonyl (C=O) groups excluding carboxylic acids is 2. The Morgan fingerprint density at radius 1 is 0.921 bits per heavy atom. The van der Waals surface area contributed by atoms with E-state index in [-0.39, 0.29) is 17.3 Å². The Labute approximate surface area is 225 Å². The first kappa shape index (κ1) is 28.7. The minimum atomic E-state index is -4.11. The molecular weight excluding hydrogens is 502 g/mol. The van der Waals surface area contributed by atoms with Gasteiger partial charge in [0.25, 0.3) is 10.0 Å². The molecule has 0 radical (unpaired) electrons. The Hall–Kier alpha value is -3.85. The molecule has 0 unspecified atom stereocenters. The molecular formula is C29H35N3O5S. The van der Waals surface area contributed by atoms with Crippen molar-refractivity contribution in [3.05, 3.63) is 90.5 Å². The Kier molecular flexibility index (Phi) is 10.3. The first-order chi connectivity index (χ1) is 18.3. The number of amides is 2. The van der Waals surface area contributed by atoms with E-state index in [9.17, 15) is 18.0 Å². The molecule has 0 spiro atoms. The van der Waals surface area contributed by atoms with Crippen LogP contribution in [-0.2, 0) is 26.2 Å². The normalized spacial score (nSPS) is 11.9. The van der Waals surface area contributed by atoms with Crippen LogP contribution in [0.25, 0.3) is 0 Å². The molecule has 0 saturated heterocycles. The molecule has 0 aromatic heterocycles. The minimum Gasteiger partial charge on any atom is -0.497 e. The van der Waals surface area contributed by atoms with E-state index in [1.807, 2.05) is 37.3 Å². The predicted molar refractivity (Wildman–Crippen MR) is 148 cm³/mol. The van der Waals surface area contributed by atoms with E-state index < -0.39 is 28.5 Å². The topological polar surface area (TPSA) is 96.0 Å². The number of para-hydroxylation sites is 1. The Bertz CT molecular complexity index is 1280. The van der Waals surface area contributed by atoms with E-state index in [1.54, 1.807) is 49.4 Å². The Morgan fingerprint density at radius 2 is 1.53 bits per heavy atom. The summed E-state index contributed by atoms with van der Waals surface area (Å²) in [4.78, 5) is 28.2. The fourth-order valence-corrected chi connectivity index (χ4v) is 5.31. The Morgan fingerprint density at radius 3 is 2.11 bits per heavy atom. The van der Waals surface area contributed by atoms with E-state index >= 15 is 0 Å². The average Bonchev–Trinajstić information content (AvgIpc) is 2.95. The van der Waals surface area contributed by atoms with Crippen molar-refractivity contribution in [3.63, 3.8) is 0 Å². The minimum absolute atomic E-state index is 0.0231. The molecule has 3 aromatic carbocycles. The van der Waals surface area contributed by atoms with E-state index in [4.69, 9.17) is 4.74 Å². The quantitative estimate of drug-likeness (QED) is 0.329. The van der Waals surface area contributed by atoms with Gasteiger partial charge in [-0.1, -0.05) is 61.9 Å². The zero-order valence-electron chi connectivity index (χ0n) is 22.0. The SMILES string of the molecule is CCCCNC(=O)[C@H](C)N(Cc1ccccc1)C(=O)CN(c1ccccc1)S(=O)(=O)c1ccc(OC)cc1. The summed E-state index contributed by atoms with van der Waals surface area (Å²) >= 11 is 0. The first-order valence-corrected chi connectivity index (χ1v) is 14.0. The lowest BCUT2D eigenvalue weighted by Gasteiger charge is -2.32. The van der Waals surface area contributed by atoms with Crippen molar-refractivity contribution in [2.45, 2.75) is 44.2 Å². The van der Waals surface area contributed by atoms with Crippen LogP contribution in [0.15, 0.2) is 89.8 Å². The number of carbonyl (C=O) groups is 2. The monoisotopic (exact) mass is 537 g/mol. The van der Waals surface area contributed by atoms with Crippen LogP contribution < -0.4 is 14.4 Å². The van der Waals surface area contributed by atoms with E-state index in [0.717, 1.165) is 22.7 Å². The number of benzene rings is 3. The lowest BCUT2D eigenvalue weighted by atomic mass is 10.1. The van der Waals surface area contributed by atoms with Gasteiger partial charge in [-0.3, -0.25) is 13.9 Å². The smallest absolute Gasteiger partial charge is 0.264 e. The third kappa shape index (κ3) is 7.35. The van der Waals surface area contributed by atoms with Crippen molar-refractivity contribution in [2.75, 3.05) is 24.5 Å². The predicted octanol–water partition coefficient (Wildman–Crippen LogP) is 4.22. The first-order valence-electron chi connectivity index (χ1n) is 12.6. The molecule has 0 aliphatic heterocycles. The molecule has 202 valence electrons. The summed E-state index contributed by atoms with van der Waals surface area (Å²) in [6.45, 7) is 3.88. The molecule has 8 nitrogen and oxygen atoms in total. The Balaban J connectivity index is 1.95. The van der Waals surface area contributed by atoms with Crippen LogP contribution in [0.4, 0.5) is 5.69 Å². The third-order valence-corrected chi connectivity index (χ3v) is 7.95. The highest BCUT2D eigenvalue weighted by molar-refractivity contribution is 7.92. The van der Waals surface area contributed by atoms with Gasteiger partial charge < -0.3 is 15.0 Å².